The third-order valence-electron chi connectivity index (χ3n) is 17.1. The van der Waals surface area contributed by atoms with Crippen LogP contribution in [0.1, 0.15) is 419 Å². The summed E-state index contributed by atoms with van der Waals surface area (Å²) in [6.45, 7) is 6.71. The number of hydrogen-bond donors (Lipinski definition) is 0. The van der Waals surface area contributed by atoms with E-state index < -0.39 is 6.10 Å². The molecule has 6 heteroatoms. The Labute approximate surface area is 518 Å². The Morgan fingerprint density at radius 1 is 0.241 bits per heavy atom. The van der Waals surface area contributed by atoms with Gasteiger partial charge in [-0.1, -0.05) is 378 Å². The first-order chi connectivity index (χ1) is 41.0. The van der Waals surface area contributed by atoms with E-state index in [1.54, 1.807) is 0 Å². The summed E-state index contributed by atoms with van der Waals surface area (Å²) in [5.41, 5.74) is 0. The molecular weight excluding hydrogens is 1020 g/mol. The Hall–Kier alpha value is -2.37. The van der Waals surface area contributed by atoms with Gasteiger partial charge < -0.3 is 14.2 Å². The van der Waals surface area contributed by atoms with Gasteiger partial charge in [-0.3, -0.25) is 14.4 Å². The van der Waals surface area contributed by atoms with Crippen LogP contribution >= 0.6 is 0 Å². The Kier molecular flexibility index (Phi) is 70.0. The van der Waals surface area contributed by atoms with Gasteiger partial charge in [-0.2, -0.15) is 0 Å². The maximum Gasteiger partial charge on any atom is 0.306 e. The van der Waals surface area contributed by atoms with Gasteiger partial charge in [-0.25, -0.2) is 0 Å². The average molecular weight is 1170 g/mol. The van der Waals surface area contributed by atoms with Crippen molar-refractivity contribution < 1.29 is 28.6 Å². The Morgan fingerprint density at radius 2 is 0.434 bits per heavy atom. The standard InChI is InChI=1S/C77H144O6/c1-4-7-10-13-16-19-22-25-27-29-31-33-35-37-39-41-42-44-46-48-50-52-55-58-61-64-67-70-76(79)82-73-74(72-81-75(78)69-66-63-60-57-54-24-21-18-15-12-9-6-3)83-77(80)71-68-65-62-59-56-53-51-49-47-45-43-40-38-36-34-32-30-28-26-23-20-17-14-11-8-5-2/h22,25,29,31,35,37,74H,4-21,23-24,26-28,30,32-34,36,38-73H2,1-3H3/b25-22-,31-29-,37-35-. The van der Waals surface area contributed by atoms with E-state index in [4.69, 9.17) is 14.2 Å². The van der Waals surface area contributed by atoms with Crippen molar-refractivity contribution in [1.29, 1.82) is 0 Å². The van der Waals surface area contributed by atoms with Crippen LogP contribution in [0, 0.1) is 0 Å². The zero-order valence-corrected chi connectivity index (χ0v) is 56.2. The van der Waals surface area contributed by atoms with Gasteiger partial charge in [0.05, 0.1) is 0 Å². The number of unbranched alkanes of at least 4 members (excludes halogenated alkanes) is 53. The molecular formula is C77H144O6. The molecule has 0 rings (SSSR count). The molecule has 0 aliphatic rings. The van der Waals surface area contributed by atoms with Crippen LogP contribution in [0.5, 0.6) is 0 Å². The topological polar surface area (TPSA) is 78.9 Å². The second kappa shape index (κ2) is 72.1. The average Bonchev–Trinajstić information content (AvgIpc) is 3.49. The lowest BCUT2D eigenvalue weighted by atomic mass is 10.0. The fourth-order valence-corrected chi connectivity index (χ4v) is 11.5. The summed E-state index contributed by atoms with van der Waals surface area (Å²) in [6, 6.07) is 0. The maximum absolute atomic E-state index is 13.0. The van der Waals surface area contributed by atoms with E-state index in [0.29, 0.717) is 19.3 Å². The highest BCUT2D eigenvalue weighted by atomic mass is 16.6. The summed E-state index contributed by atoms with van der Waals surface area (Å²) >= 11 is 0. The molecule has 0 aromatic heterocycles. The van der Waals surface area contributed by atoms with Crippen LogP contribution in [-0.4, -0.2) is 37.2 Å². The van der Waals surface area contributed by atoms with Crippen LogP contribution < -0.4 is 0 Å². The number of carbonyl (C=O) groups excluding carboxylic acids is 3. The van der Waals surface area contributed by atoms with Crippen LogP contribution in [0.2, 0.25) is 0 Å². The van der Waals surface area contributed by atoms with E-state index in [1.165, 1.54) is 308 Å². The SMILES string of the molecule is CCCCCCC/C=C\C/C=C\C/C=C\CCCCCCCCCCCCCCC(=O)OCC(COC(=O)CCCCCCCCCCCCCC)OC(=O)CCCCCCCCCCCCCCCCCCCCCCCCCCCC. The van der Waals surface area contributed by atoms with Gasteiger partial charge in [0.1, 0.15) is 13.2 Å². The predicted octanol–water partition coefficient (Wildman–Crippen LogP) is 25.9. The highest BCUT2D eigenvalue weighted by Gasteiger charge is 2.20. The van der Waals surface area contributed by atoms with Crippen molar-refractivity contribution in [2.24, 2.45) is 0 Å². The molecule has 0 saturated heterocycles. The molecule has 0 amide bonds. The third-order valence-corrected chi connectivity index (χ3v) is 17.1. The smallest absolute Gasteiger partial charge is 0.306 e. The zero-order valence-electron chi connectivity index (χ0n) is 56.2. The number of hydrogen-bond acceptors (Lipinski definition) is 6. The number of carbonyl (C=O) groups is 3. The van der Waals surface area contributed by atoms with Gasteiger partial charge in [0.2, 0.25) is 0 Å². The Balaban J connectivity index is 4.18. The number of rotatable bonds is 70. The highest BCUT2D eigenvalue weighted by Crippen LogP contribution is 2.19. The molecule has 0 fully saturated rings. The Morgan fingerprint density at radius 3 is 0.675 bits per heavy atom. The molecule has 0 aromatic rings. The van der Waals surface area contributed by atoms with Crippen molar-refractivity contribution >= 4 is 17.9 Å². The molecule has 1 unspecified atom stereocenters. The molecule has 0 spiro atoms. The van der Waals surface area contributed by atoms with E-state index in [1.807, 2.05) is 0 Å². The van der Waals surface area contributed by atoms with Crippen molar-refractivity contribution in [3.8, 4) is 0 Å². The number of esters is 3. The number of allylic oxidation sites excluding steroid dienone is 6. The lowest BCUT2D eigenvalue weighted by Gasteiger charge is -2.18. The first-order valence-electron chi connectivity index (χ1n) is 37.5. The predicted molar refractivity (Wildman–Crippen MR) is 362 cm³/mol. The van der Waals surface area contributed by atoms with Crippen LogP contribution in [0.15, 0.2) is 36.5 Å². The monoisotopic (exact) mass is 1170 g/mol. The quantitative estimate of drug-likeness (QED) is 0.0261. The minimum Gasteiger partial charge on any atom is -0.462 e. The van der Waals surface area contributed by atoms with Gasteiger partial charge in [0, 0.05) is 19.3 Å². The minimum atomic E-state index is -0.770. The first kappa shape index (κ1) is 80.6. The summed E-state index contributed by atoms with van der Waals surface area (Å²) in [5, 5.41) is 0. The summed E-state index contributed by atoms with van der Waals surface area (Å²) in [6.07, 6.45) is 90.5. The molecule has 488 valence electrons. The van der Waals surface area contributed by atoms with Gasteiger partial charge in [-0.15, -0.1) is 0 Å². The van der Waals surface area contributed by atoms with Crippen LogP contribution in [0.4, 0.5) is 0 Å². The second-order valence-corrected chi connectivity index (χ2v) is 25.6. The molecule has 1 atom stereocenters. The summed E-state index contributed by atoms with van der Waals surface area (Å²) in [7, 11) is 0. The first-order valence-corrected chi connectivity index (χ1v) is 37.5. The molecule has 0 saturated carbocycles. The fourth-order valence-electron chi connectivity index (χ4n) is 11.5. The molecule has 0 radical (unpaired) electrons. The van der Waals surface area contributed by atoms with Crippen molar-refractivity contribution in [1.82, 2.24) is 0 Å². The molecule has 6 nitrogen and oxygen atoms in total. The zero-order chi connectivity index (χ0) is 59.9. The van der Waals surface area contributed by atoms with E-state index in [-0.39, 0.29) is 31.1 Å². The van der Waals surface area contributed by atoms with E-state index in [9.17, 15) is 14.4 Å². The van der Waals surface area contributed by atoms with Crippen LogP contribution in [-0.2, 0) is 28.6 Å². The van der Waals surface area contributed by atoms with Gasteiger partial charge in [-0.05, 0) is 57.8 Å². The van der Waals surface area contributed by atoms with E-state index in [2.05, 4.69) is 57.2 Å². The summed E-state index contributed by atoms with van der Waals surface area (Å²) in [4.78, 5) is 38.5. The van der Waals surface area contributed by atoms with Crippen molar-refractivity contribution in [2.75, 3.05) is 13.2 Å². The lowest BCUT2D eigenvalue weighted by molar-refractivity contribution is -0.167. The maximum atomic E-state index is 13.0. The van der Waals surface area contributed by atoms with E-state index >= 15 is 0 Å². The molecule has 0 bridgehead atoms. The van der Waals surface area contributed by atoms with Gasteiger partial charge in [0.15, 0.2) is 6.10 Å². The lowest BCUT2D eigenvalue weighted by Crippen LogP contribution is -2.30. The molecule has 0 aromatic carbocycles. The van der Waals surface area contributed by atoms with Crippen molar-refractivity contribution in [3.63, 3.8) is 0 Å². The fraction of sp³-hybridized carbons (Fsp3) is 0.883. The van der Waals surface area contributed by atoms with Crippen LogP contribution in [0.25, 0.3) is 0 Å². The normalized spacial score (nSPS) is 12.2. The molecule has 0 aliphatic carbocycles. The molecule has 0 aliphatic heterocycles. The van der Waals surface area contributed by atoms with E-state index in [0.717, 1.165) is 70.6 Å². The molecule has 0 heterocycles. The highest BCUT2D eigenvalue weighted by molar-refractivity contribution is 5.71. The number of ether oxygens (including phenoxy) is 3. The largest absolute Gasteiger partial charge is 0.462 e. The van der Waals surface area contributed by atoms with Crippen molar-refractivity contribution in [3.05, 3.63) is 36.5 Å². The second-order valence-electron chi connectivity index (χ2n) is 25.6. The third kappa shape index (κ3) is 70.3. The van der Waals surface area contributed by atoms with Gasteiger partial charge >= 0.3 is 17.9 Å². The van der Waals surface area contributed by atoms with Gasteiger partial charge in [0.25, 0.3) is 0 Å². The molecule has 0 N–H and O–H groups in total. The Bertz CT molecular complexity index is 1380. The molecule has 83 heavy (non-hydrogen) atoms. The summed E-state index contributed by atoms with van der Waals surface area (Å²) in [5.74, 6) is -0.835. The van der Waals surface area contributed by atoms with Crippen molar-refractivity contribution in [2.45, 2.75) is 425 Å². The minimum absolute atomic E-state index is 0.0660. The summed E-state index contributed by atoms with van der Waals surface area (Å²) < 4.78 is 17.0. The van der Waals surface area contributed by atoms with Crippen LogP contribution in [0.3, 0.4) is 0 Å².